The number of fused-ring (bicyclic) bond motifs is 1. The molecule has 0 bridgehead atoms. The standard InChI is InChI=1S/C21H20FN5O2/c1-12-8-16(22)18(10-19(12)28)26-20-15-5-4-14(9-17(15)24-11-25-20)29-13(2)21-23-6-7-27(21)3/h4-11,13,28H,1-3H3,(H,24,25,26). The molecule has 0 amide bonds. The molecule has 2 aromatic carbocycles. The van der Waals surface area contributed by atoms with Crippen LogP contribution in [0.3, 0.4) is 0 Å². The third kappa shape index (κ3) is 3.69. The van der Waals surface area contributed by atoms with Crippen LogP contribution in [0.1, 0.15) is 24.4 Å². The van der Waals surface area contributed by atoms with Crippen LogP contribution in [0.2, 0.25) is 0 Å². The van der Waals surface area contributed by atoms with Gasteiger partial charge in [-0.15, -0.1) is 0 Å². The molecule has 8 heteroatoms. The van der Waals surface area contributed by atoms with Crippen molar-refractivity contribution in [2.75, 3.05) is 5.32 Å². The van der Waals surface area contributed by atoms with Crippen molar-refractivity contribution in [2.45, 2.75) is 20.0 Å². The molecule has 4 aromatic rings. The Balaban J connectivity index is 1.63. The van der Waals surface area contributed by atoms with Crippen LogP contribution in [0.4, 0.5) is 15.9 Å². The molecule has 2 N–H and O–H groups in total. The first-order chi connectivity index (χ1) is 13.9. The Bertz CT molecular complexity index is 1190. The number of halogens is 1. The van der Waals surface area contributed by atoms with Gasteiger partial charge in [-0.3, -0.25) is 0 Å². The van der Waals surface area contributed by atoms with E-state index < -0.39 is 5.82 Å². The lowest BCUT2D eigenvalue weighted by Crippen LogP contribution is -2.09. The molecule has 1 unspecified atom stereocenters. The lowest BCUT2D eigenvalue weighted by Gasteiger charge is -2.15. The molecule has 1 atom stereocenters. The van der Waals surface area contributed by atoms with Crippen LogP contribution in [0.15, 0.2) is 49.1 Å². The summed E-state index contributed by atoms with van der Waals surface area (Å²) in [5.41, 5.74) is 1.24. The highest BCUT2D eigenvalue weighted by Gasteiger charge is 2.14. The van der Waals surface area contributed by atoms with Gasteiger partial charge in [0.05, 0.1) is 11.2 Å². The molecule has 4 rings (SSSR count). The molecule has 2 aromatic heterocycles. The molecule has 2 heterocycles. The van der Waals surface area contributed by atoms with E-state index in [1.54, 1.807) is 25.3 Å². The summed E-state index contributed by atoms with van der Waals surface area (Å²) in [7, 11) is 1.91. The van der Waals surface area contributed by atoms with E-state index >= 15 is 0 Å². The Hall–Kier alpha value is -3.68. The molecular weight excluding hydrogens is 373 g/mol. The molecule has 0 radical (unpaired) electrons. The maximum Gasteiger partial charge on any atom is 0.153 e. The molecule has 0 aliphatic carbocycles. The Kier molecular flexibility index (Phi) is 4.75. The van der Waals surface area contributed by atoms with Crippen LogP contribution in [-0.4, -0.2) is 24.6 Å². The molecule has 29 heavy (non-hydrogen) atoms. The Morgan fingerprint density at radius 2 is 2.00 bits per heavy atom. The van der Waals surface area contributed by atoms with Crippen molar-refractivity contribution in [3.05, 3.63) is 66.3 Å². The number of aromatic hydroxyl groups is 1. The fourth-order valence-corrected chi connectivity index (χ4v) is 3.12. The fourth-order valence-electron chi connectivity index (χ4n) is 3.12. The Morgan fingerprint density at radius 1 is 1.17 bits per heavy atom. The lowest BCUT2D eigenvalue weighted by molar-refractivity contribution is 0.213. The highest BCUT2D eigenvalue weighted by molar-refractivity contribution is 5.91. The molecule has 0 saturated heterocycles. The SMILES string of the molecule is Cc1cc(F)c(Nc2ncnc3cc(OC(C)c4nccn4C)ccc23)cc1O. The summed E-state index contributed by atoms with van der Waals surface area (Å²) in [5.74, 6) is 1.41. The number of anilines is 2. The number of phenolic OH excluding ortho intramolecular Hbond substituents is 1. The first kappa shape index (κ1) is 18.7. The van der Waals surface area contributed by atoms with E-state index in [1.807, 2.05) is 30.8 Å². The van der Waals surface area contributed by atoms with Gasteiger partial charge in [-0.25, -0.2) is 19.3 Å². The largest absolute Gasteiger partial charge is 0.508 e. The summed E-state index contributed by atoms with van der Waals surface area (Å²) in [4.78, 5) is 12.8. The van der Waals surface area contributed by atoms with E-state index in [0.29, 0.717) is 28.0 Å². The van der Waals surface area contributed by atoms with Crippen molar-refractivity contribution in [3.8, 4) is 11.5 Å². The van der Waals surface area contributed by atoms with E-state index in [0.717, 1.165) is 5.82 Å². The van der Waals surface area contributed by atoms with Crippen LogP contribution < -0.4 is 10.1 Å². The van der Waals surface area contributed by atoms with Gasteiger partial charge in [0.15, 0.2) is 6.10 Å². The van der Waals surface area contributed by atoms with Crippen LogP contribution in [-0.2, 0) is 7.05 Å². The normalized spacial score (nSPS) is 12.1. The minimum absolute atomic E-state index is 0.00576. The van der Waals surface area contributed by atoms with Crippen LogP contribution in [0, 0.1) is 12.7 Å². The first-order valence-electron chi connectivity index (χ1n) is 9.07. The summed E-state index contributed by atoms with van der Waals surface area (Å²) >= 11 is 0. The third-order valence-corrected chi connectivity index (χ3v) is 4.68. The van der Waals surface area contributed by atoms with E-state index in [2.05, 4.69) is 20.3 Å². The quantitative estimate of drug-likeness (QED) is 0.523. The maximum absolute atomic E-state index is 14.2. The van der Waals surface area contributed by atoms with Crippen molar-refractivity contribution < 1.29 is 14.2 Å². The number of benzene rings is 2. The minimum atomic E-state index is -0.476. The van der Waals surface area contributed by atoms with Crippen molar-refractivity contribution in [3.63, 3.8) is 0 Å². The van der Waals surface area contributed by atoms with Crippen molar-refractivity contribution in [1.82, 2.24) is 19.5 Å². The van der Waals surface area contributed by atoms with Crippen molar-refractivity contribution in [2.24, 2.45) is 7.05 Å². The van der Waals surface area contributed by atoms with Gasteiger partial charge in [-0.2, -0.15) is 0 Å². The van der Waals surface area contributed by atoms with E-state index in [-0.39, 0.29) is 17.5 Å². The van der Waals surface area contributed by atoms with Gasteiger partial charge in [-0.05, 0) is 37.6 Å². The van der Waals surface area contributed by atoms with Gasteiger partial charge in [0.1, 0.15) is 35.3 Å². The van der Waals surface area contributed by atoms with Crippen LogP contribution in [0.25, 0.3) is 10.9 Å². The molecule has 0 saturated carbocycles. The summed E-state index contributed by atoms with van der Waals surface area (Å²) in [6.07, 6.45) is 4.74. The number of aromatic nitrogens is 4. The maximum atomic E-state index is 14.2. The molecule has 0 fully saturated rings. The number of ether oxygens (including phenoxy) is 1. The van der Waals surface area contributed by atoms with Crippen molar-refractivity contribution >= 4 is 22.4 Å². The monoisotopic (exact) mass is 393 g/mol. The smallest absolute Gasteiger partial charge is 0.153 e. The molecule has 0 aliphatic rings. The molecule has 0 aliphatic heterocycles. The van der Waals surface area contributed by atoms with E-state index in [9.17, 15) is 9.50 Å². The number of nitrogens with one attached hydrogen (secondary N) is 1. The summed E-state index contributed by atoms with van der Waals surface area (Å²) in [6, 6.07) is 8.02. The molecular formula is C21H20FN5O2. The second kappa shape index (κ2) is 7.38. The average molecular weight is 393 g/mol. The molecule has 0 spiro atoms. The van der Waals surface area contributed by atoms with Crippen LogP contribution in [0.5, 0.6) is 11.5 Å². The van der Waals surface area contributed by atoms with Crippen LogP contribution >= 0.6 is 0 Å². The lowest BCUT2D eigenvalue weighted by atomic mass is 10.2. The summed E-state index contributed by atoms with van der Waals surface area (Å²) in [6.45, 7) is 3.56. The van der Waals surface area contributed by atoms with Gasteiger partial charge in [0.2, 0.25) is 0 Å². The van der Waals surface area contributed by atoms with E-state index in [4.69, 9.17) is 4.74 Å². The van der Waals surface area contributed by atoms with Gasteiger partial charge in [0, 0.05) is 37.0 Å². The number of rotatable bonds is 5. The predicted octanol–water partition coefficient (Wildman–Crippen LogP) is 4.40. The predicted molar refractivity (Wildman–Crippen MR) is 108 cm³/mol. The summed E-state index contributed by atoms with van der Waals surface area (Å²) in [5, 5.41) is 13.5. The van der Waals surface area contributed by atoms with Gasteiger partial charge in [0.25, 0.3) is 0 Å². The first-order valence-corrected chi connectivity index (χ1v) is 9.07. The summed E-state index contributed by atoms with van der Waals surface area (Å²) < 4.78 is 22.1. The number of hydrogen-bond acceptors (Lipinski definition) is 6. The number of aryl methyl sites for hydroxylation is 2. The average Bonchev–Trinajstić information content (AvgIpc) is 3.12. The molecule has 148 valence electrons. The zero-order valence-electron chi connectivity index (χ0n) is 16.2. The highest BCUT2D eigenvalue weighted by atomic mass is 19.1. The van der Waals surface area contributed by atoms with Gasteiger partial charge in [-0.1, -0.05) is 0 Å². The Labute approximate surface area is 166 Å². The zero-order chi connectivity index (χ0) is 20.5. The van der Waals surface area contributed by atoms with Gasteiger partial charge < -0.3 is 19.7 Å². The van der Waals surface area contributed by atoms with E-state index in [1.165, 1.54) is 18.5 Å². The highest BCUT2D eigenvalue weighted by Crippen LogP contribution is 2.31. The third-order valence-electron chi connectivity index (χ3n) is 4.68. The van der Waals surface area contributed by atoms with Crippen molar-refractivity contribution in [1.29, 1.82) is 0 Å². The minimum Gasteiger partial charge on any atom is -0.508 e. The topological polar surface area (TPSA) is 85.1 Å². The van der Waals surface area contributed by atoms with Gasteiger partial charge >= 0.3 is 0 Å². The second-order valence-corrected chi connectivity index (χ2v) is 6.80. The Morgan fingerprint density at radius 3 is 2.76 bits per heavy atom. The number of imidazole rings is 1. The second-order valence-electron chi connectivity index (χ2n) is 6.80. The molecule has 7 nitrogen and oxygen atoms in total. The number of nitrogens with zero attached hydrogens (tertiary/aromatic N) is 4. The number of hydrogen-bond donors (Lipinski definition) is 2. The zero-order valence-corrected chi connectivity index (χ0v) is 16.2. The fraction of sp³-hybridized carbons (Fsp3) is 0.190. The number of phenols is 1.